The van der Waals surface area contributed by atoms with Crippen LogP contribution in [0.1, 0.15) is 18.5 Å². The molecule has 0 radical (unpaired) electrons. The number of rotatable bonds is 3. The number of benzene rings is 1. The van der Waals surface area contributed by atoms with E-state index in [2.05, 4.69) is 0 Å². The summed E-state index contributed by atoms with van der Waals surface area (Å²) in [6, 6.07) is 4.45. The number of alkyl halides is 2. The smallest absolute Gasteiger partial charge is 0.308 e. The highest BCUT2D eigenvalue weighted by molar-refractivity contribution is 5.85. The SMILES string of the molecule is CC(=O)Oc1cccc([C@H](N)C(F)F)c1.Cl. The highest BCUT2D eigenvalue weighted by atomic mass is 35.5. The van der Waals surface area contributed by atoms with Crippen LogP contribution in [0.3, 0.4) is 0 Å². The normalized spacial score (nSPS) is 11.8. The van der Waals surface area contributed by atoms with E-state index in [0.29, 0.717) is 0 Å². The Morgan fingerprint density at radius 3 is 2.56 bits per heavy atom. The molecule has 0 heterocycles. The van der Waals surface area contributed by atoms with Crippen molar-refractivity contribution in [2.45, 2.75) is 19.4 Å². The van der Waals surface area contributed by atoms with Crippen molar-refractivity contribution in [2.75, 3.05) is 0 Å². The summed E-state index contributed by atoms with van der Waals surface area (Å²) in [7, 11) is 0. The molecule has 0 aromatic heterocycles. The molecule has 1 aromatic rings. The molecular formula is C10H12ClF2NO2. The highest BCUT2D eigenvalue weighted by Crippen LogP contribution is 2.22. The molecule has 0 spiro atoms. The Kier molecular flexibility index (Phi) is 5.92. The minimum absolute atomic E-state index is 0. The predicted octanol–water partition coefficient (Wildman–Crippen LogP) is 2.30. The second-order valence-corrected chi connectivity index (χ2v) is 3.03. The Morgan fingerprint density at radius 2 is 2.06 bits per heavy atom. The summed E-state index contributed by atoms with van der Waals surface area (Å²) in [6.07, 6.45) is -2.64. The zero-order valence-electron chi connectivity index (χ0n) is 8.52. The molecule has 0 bridgehead atoms. The Morgan fingerprint density at radius 1 is 1.44 bits per heavy atom. The lowest BCUT2D eigenvalue weighted by Crippen LogP contribution is -2.18. The molecule has 0 fully saturated rings. The Labute approximate surface area is 98.0 Å². The minimum Gasteiger partial charge on any atom is -0.427 e. The Balaban J connectivity index is 0.00000225. The van der Waals surface area contributed by atoms with Crippen molar-refractivity contribution in [1.29, 1.82) is 0 Å². The summed E-state index contributed by atoms with van der Waals surface area (Å²) in [5.74, 6) is -0.283. The number of carbonyl (C=O) groups is 1. The van der Waals surface area contributed by atoms with Gasteiger partial charge < -0.3 is 10.5 Å². The van der Waals surface area contributed by atoms with Gasteiger partial charge in [-0.1, -0.05) is 12.1 Å². The zero-order chi connectivity index (χ0) is 11.4. The second-order valence-electron chi connectivity index (χ2n) is 3.03. The molecule has 0 aliphatic carbocycles. The van der Waals surface area contributed by atoms with Crippen LogP contribution in [0.25, 0.3) is 0 Å². The number of esters is 1. The van der Waals surface area contributed by atoms with E-state index in [4.69, 9.17) is 10.5 Å². The fourth-order valence-electron chi connectivity index (χ4n) is 1.10. The maximum atomic E-state index is 12.3. The zero-order valence-corrected chi connectivity index (χ0v) is 9.34. The molecule has 16 heavy (non-hydrogen) atoms. The summed E-state index contributed by atoms with van der Waals surface area (Å²) in [6.45, 7) is 1.24. The first-order valence-corrected chi connectivity index (χ1v) is 4.33. The molecule has 1 rings (SSSR count). The van der Waals surface area contributed by atoms with Gasteiger partial charge in [0, 0.05) is 6.92 Å². The van der Waals surface area contributed by atoms with Crippen LogP contribution in [0, 0.1) is 0 Å². The number of ether oxygens (including phenoxy) is 1. The van der Waals surface area contributed by atoms with Gasteiger partial charge in [0.05, 0.1) is 6.04 Å². The molecule has 1 atom stereocenters. The first kappa shape index (κ1) is 14.8. The molecule has 0 unspecified atom stereocenters. The molecule has 0 saturated carbocycles. The molecule has 0 amide bonds. The van der Waals surface area contributed by atoms with Gasteiger partial charge in [0.1, 0.15) is 5.75 Å². The lowest BCUT2D eigenvalue weighted by molar-refractivity contribution is -0.131. The van der Waals surface area contributed by atoms with Crippen LogP contribution in [0.4, 0.5) is 8.78 Å². The Bertz CT molecular complexity index is 360. The van der Waals surface area contributed by atoms with Gasteiger partial charge in [0.15, 0.2) is 0 Å². The van der Waals surface area contributed by atoms with Crippen LogP contribution in [0.2, 0.25) is 0 Å². The van der Waals surface area contributed by atoms with Crippen LogP contribution in [0.15, 0.2) is 24.3 Å². The van der Waals surface area contributed by atoms with Crippen LogP contribution < -0.4 is 10.5 Å². The van der Waals surface area contributed by atoms with E-state index >= 15 is 0 Å². The standard InChI is InChI=1S/C10H11F2NO2.ClH/c1-6(14)15-8-4-2-3-7(5-8)9(13)10(11)12;/h2-5,9-10H,13H2,1H3;1H/t9-;/m0./s1. The molecule has 0 aliphatic heterocycles. The van der Waals surface area contributed by atoms with Crippen LogP contribution in [0.5, 0.6) is 5.75 Å². The van der Waals surface area contributed by atoms with E-state index in [-0.39, 0.29) is 23.7 Å². The molecule has 2 N–H and O–H groups in total. The average molecular weight is 252 g/mol. The number of hydrogen-bond acceptors (Lipinski definition) is 3. The van der Waals surface area contributed by atoms with Gasteiger partial charge in [-0.2, -0.15) is 0 Å². The summed E-state index contributed by atoms with van der Waals surface area (Å²) in [4.78, 5) is 10.6. The first-order valence-electron chi connectivity index (χ1n) is 4.33. The maximum Gasteiger partial charge on any atom is 0.308 e. The van der Waals surface area contributed by atoms with E-state index in [1.54, 1.807) is 0 Å². The molecule has 3 nitrogen and oxygen atoms in total. The van der Waals surface area contributed by atoms with Gasteiger partial charge >= 0.3 is 5.97 Å². The topological polar surface area (TPSA) is 52.3 Å². The van der Waals surface area contributed by atoms with Gasteiger partial charge in [-0.15, -0.1) is 12.4 Å². The van der Waals surface area contributed by atoms with Crippen LogP contribution >= 0.6 is 12.4 Å². The lowest BCUT2D eigenvalue weighted by atomic mass is 10.1. The van der Waals surface area contributed by atoms with Crippen LogP contribution in [-0.2, 0) is 4.79 Å². The van der Waals surface area contributed by atoms with Gasteiger partial charge in [-0.3, -0.25) is 4.79 Å². The molecule has 6 heteroatoms. The fourth-order valence-corrected chi connectivity index (χ4v) is 1.10. The van der Waals surface area contributed by atoms with E-state index in [9.17, 15) is 13.6 Å². The largest absolute Gasteiger partial charge is 0.427 e. The van der Waals surface area contributed by atoms with E-state index in [0.717, 1.165) is 0 Å². The summed E-state index contributed by atoms with van der Waals surface area (Å²) >= 11 is 0. The number of carbonyl (C=O) groups excluding carboxylic acids is 1. The van der Waals surface area contributed by atoms with Gasteiger partial charge in [-0.25, -0.2) is 8.78 Å². The van der Waals surface area contributed by atoms with Crippen molar-refractivity contribution in [3.8, 4) is 5.75 Å². The molecular weight excluding hydrogens is 240 g/mol. The van der Waals surface area contributed by atoms with E-state index in [1.807, 2.05) is 0 Å². The average Bonchev–Trinajstić information content (AvgIpc) is 2.16. The number of hydrogen-bond donors (Lipinski definition) is 1. The van der Waals surface area contributed by atoms with Crippen molar-refractivity contribution in [3.63, 3.8) is 0 Å². The summed E-state index contributed by atoms with van der Waals surface area (Å²) in [5, 5.41) is 0. The van der Waals surface area contributed by atoms with Gasteiger partial charge in [0.25, 0.3) is 6.43 Å². The highest BCUT2D eigenvalue weighted by Gasteiger charge is 2.17. The van der Waals surface area contributed by atoms with Crippen molar-refractivity contribution < 1.29 is 18.3 Å². The first-order chi connectivity index (χ1) is 7.00. The summed E-state index contributed by atoms with van der Waals surface area (Å²) in [5.41, 5.74) is 5.49. The van der Waals surface area contributed by atoms with Gasteiger partial charge in [0.2, 0.25) is 0 Å². The quantitative estimate of drug-likeness (QED) is 0.662. The molecule has 90 valence electrons. The lowest BCUT2D eigenvalue weighted by Gasteiger charge is -2.11. The minimum atomic E-state index is -2.64. The van der Waals surface area contributed by atoms with E-state index < -0.39 is 18.4 Å². The van der Waals surface area contributed by atoms with Crippen LogP contribution in [-0.4, -0.2) is 12.4 Å². The van der Waals surface area contributed by atoms with Crippen molar-refractivity contribution in [1.82, 2.24) is 0 Å². The van der Waals surface area contributed by atoms with Gasteiger partial charge in [-0.05, 0) is 17.7 Å². The molecule has 0 aliphatic rings. The maximum absolute atomic E-state index is 12.3. The monoisotopic (exact) mass is 251 g/mol. The molecule has 1 aromatic carbocycles. The summed E-state index contributed by atoms with van der Waals surface area (Å²) < 4.78 is 29.3. The van der Waals surface area contributed by atoms with Crippen molar-refractivity contribution in [2.24, 2.45) is 5.73 Å². The van der Waals surface area contributed by atoms with Crippen molar-refractivity contribution in [3.05, 3.63) is 29.8 Å². The predicted molar refractivity (Wildman–Crippen MR) is 57.9 cm³/mol. The van der Waals surface area contributed by atoms with E-state index in [1.165, 1.54) is 31.2 Å². The molecule has 0 saturated heterocycles. The van der Waals surface area contributed by atoms with Crippen molar-refractivity contribution >= 4 is 18.4 Å². The third kappa shape index (κ3) is 4.12. The second kappa shape index (κ2) is 6.40. The number of nitrogens with two attached hydrogens (primary N) is 1. The third-order valence-electron chi connectivity index (χ3n) is 1.78. The third-order valence-corrected chi connectivity index (χ3v) is 1.78. The Hall–Kier alpha value is -1.20. The fraction of sp³-hybridized carbons (Fsp3) is 0.300. The number of halogens is 3.